The number of halogens is 3. The van der Waals surface area contributed by atoms with Gasteiger partial charge in [0.1, 0.15) is 5.75 Å². The molecule has 0 aliphatic rings. The summed E-state index contributed by atoms with van der Waals surface area (Å²) in [7, 11) is 0. The summed E-state index contributed by atoms with van der Waals surface area (Å²) in [5, 5.41) is 5.00. The molecule has 3 rings (SSSR count). The molecule has 0 fully saturated rings. The molecule has 0 bridgehead atoms. The maximum atomic E-state index is 12.1. The summed E-state index contributed by atoms with van der Waals surface area (Å²) in [6.07, 6.45) is -3.12. The van der Waals surface area contributed by atoms with E-state index in [0.29, 0.717) is 10.8 Å². The Morgan fingerprint density at radius 2 is 1.96 bits per heavy atom. The van der Waals surface area contributed by atoms with Gasteiger partial charge in [-0.1, -0.05) is 17.8 Å². The van der Waals surface area contributed by atoms with Crippen LogP contribution in [0.2, 0.25) is 0 Å². The number of thioether (sulfide) groups is 1. The summed E-state index contributed by atoms with van der Waals surface area (Å²) in [5.41, 5.74) is 1.14. The van der Waals surface area contributed by atoms with Gasteiger partial charge in [-0.25, -0.2) is 9.97 Å². The standard InChI is InChI=1S/C17H12F3N3O2S2/c18-17(19,20)25-12-5-3-11(4-6-12)22-15(24)10-27-16-21-8-7-13(23-16)14-2-1-9-26-14/h1-9H,10H2,(H,22,24). The second-order valence-electron chi connectivity index (χ2n) is 5.11. The minimum atomic E-state index is -4.75. The van der Waals surface area contributed by atoms with Crippen LogP contribution in [0.1, 0.15) is 0 Å². The van der Waals surface area contributed by atoms with Crippen molar-refractivity contribution < 1.29 is 22.7 Å². The zero-order valence-electron chi connectivity index (χ0n) is 13.6. The summed E-state index contributed by atoms with van der Waals surface area (Å²) in [4.78, 5) is 21.5. The number of nitrogens with one attached hydrogen (secondary N) is 1. The average Bonchev–Trinajstić information content (AvgIpc) is 3.15. The van der Waals surface area contributed by atoms with Gasteiger partial charge in [0.2, 0.25) is 5.91 Å². The van der Waals surface area contributed by atoms with Crippen molar-refractivity contribution >= 4 is 34.7 Å². The molecule has 2 heterocycles. The number of hydrogen-bond donors (Lipinski definition) is 1. The molecule has 2 aromatic heterocycles. The number of carbonyl (C=O) groups excluding carboxylic acids is 1. The van der Waals surface area contributed by atoms with Crippen LogP contribution in [0.4, 0.5) is 18.9 Å². The highest BCUT2D eigenvalue weighted by molar-refractivity contribution is 7.99. The average molecular weight is 411 g/mol. The van der Waals surface area contributed by atoms with Gasteiger partial charge in [-0.2, -0.15) is 0 Å². The Balaban J connectivity index is 1.53. The lowest BCUT2D eigenvalue weighted by Gasteiger charge is -2.09. The molecule has 1 aromatic carbocycles. The fraction of sp³-hybridized carbons (Fsp3) is 0.118. The number of carbonyl (C=O) groups is 1. The van der Waals surface area contributed by atoms with E-state index in [-0.39, 0.29) is 17.4 Å². The lowest BCUT2D eigenvalue weighted by Crippen LogP contribution is -2.17. The predicted octanol–water partition coefficient (Wildman–Crippen LogP) is 4.83. The molecule has 0 aliphatic carbocycles. The third-order valence-corrected chi connectivity index (χ3v) is 4.86. The number of hydrogen-bond acceptors (Lipinski definition) is 6. The van der Waals surface area contributed by atoms with Crippen molar-refractivity contribution in [1.29, 1.82) is 0 Å². The number of alkyl halides is 3. The number of amides is 1. The number of thiophene rings is 1. The Bertz CT molecular complexity index is 901. The second kappa shape index (κ2) is 8.40. The first-order valence-corrected chi connectivity index (χ1v) is 9.41. The quantitative estimate of drug-likeness (QED) is 0.465. The van der Waals surface area contributed by atoms with Crippen LogP contribution in [0, 0.1) is 0 Å². The zero-order valence-corrected chi connectivity index (χ0v) is 15.2. The van der Waals surface area contributed by atoms with Gasteiger partial charge in [-0.05, 0) is 41.8 Å². The van der Waals surface area contributed by atoms with E-state index in [1.807, 2.05) is 17.5 Å². The van der Waals surface area contributed by atoms with Crippen molar-refractivity contribution in [3.05, 3.63) is 54.0 Å². The Morgan fingerprint density at radius 1 is 1.19 bits per heavy atom. The van der Waals surface area contributed by atoms with Crippen molar-refractivity contribution in [3.63, 3.8) is 0 Å². The van der Waals surface area contributed by atoms with Crippen molar-refractivity contribution in [2.24, 2.45) is 0 Å². The van der Waals surface area contributed by atoms with Crippen molar-refractivity contribution in [2.45, 2.75) is 11.5 Å². The molecule has 1 N–H and O–H groups in total. The van der Waals surface area contributed by atoms with E-state index < -0.39 is 6.36 Å². The highest BCUT2D eigenvalue weighted by Crippen LogP contribution is 2.25. The third kappa shape index (κ3) is 5.97. The first-order valence-electron chi connectivity index (χ1n) is 7.54. The van der Waals surface area contributed by atoms with Crippen LogP contribution in [-0.4, -0.2) is 28.0 Å². The summed E-state index contributed by atoms with van der Waals surface area (Å²) >= 11 is 2.72. The molecule has 0 radical (unpaired) electrons. The summed E-state index contributed by atoms with van der Waals surface area (Å²) in [6, 6.07) is 10.6. The van der Waals surface area contributed by atoms with Gasteiger partial charge in [0.15, 0.2) is 5.16 Å². The fourth-order valence-corrected chi connectivity index (χ4v) is 3.36. The Morgan fingerprint density at radius 3 is 2.63 bits per heavy atom. The van der Waals surface area contributed by atoms with E-state index in [1.54, 1.807) is 23.6 Å². The first-order chi connectivity index (χ1) is 12.9. The van der Waals surface area contributed by atoms with Crippen LogP contribution in [0.25, 0.3) is 10.6 Å². The van der Waals surface area contributed by atoms with Crippen LogP contribution in [-0.2, 0) is 4.79 Å². The van der Waals surface area contributed by atoms with Crippen LogP contribution in [0.5, 0.6) is 5.75 Å². The van der Waals surface area contributed by atoms with Gasteiger partial charge in [0.05, 0.1) is 16.3 Å². The monoisotopic (exact) mass is 411 g/mol. The number of ether oxygens (including phenoxy) is 1. The molecule has 3 aromatic rings. The van der Waals surface area contributed by atoms with E-state index in [4.69, 9.17) is 0 Å². The minimum Gasteiger partial charge on any atom is -0.406 e. The topological polar surface area (TPSA) is 64.1 Å². The van der Waals surface area contributed by atoms with E-state index in [9.17, 15) is 18.0 Å². The fourth-order valence-electron chi connectivity index (χ4n) is 2.04. The van der Waals surface area contributed by atoms with E-state index in [1.165, 1.54) is 23.9 Å². The SMILES string of the molecule is O=C(CSc1nccc(-c2cccs2)n1)Nc1ccc(OC(F)(F)F)cc1. The third-order valence-electron chi connectivity index (χ3n) is 3.11. The molecule has 10 heteroatoms. The predicted molar refractivity (Wildman–Crippen MR) is 97.8 cm³/mol. The first kappa shape index (κ1) is 19.2. The number of anilines is 1. The lowest BCUT2D eigenvalue weighted by molar-refractivity contribution is -0.274. The number of rotatable bonds is 6. The largest absolute Gasteiger partial charge is 0.573 e. The van der Waals surface area contributed by atoms with Crippen molar-refractivity contribution in [2.75, 3.05) is 11.1 Å². The van der Waals surface area contributed by atoms with Gasteiger partial charge < -0.3 is 10.1 Å². The lowest BCUT2D eigenvalue weighted by atomic mass is 10.3. The Hall–Kier alpha value is -2.59. The molecule has 0 spiro atoms. The molecule has 5 nitrogen and oxygen atoms in total. The minimum absolute atomic E-state index is 0.0642. The van der Waals surface area contributed by atoms with Crippen LogP contribution in [0.15, 0.2) is 59.2 Å². The maximum absolute atomic E-state index is 12.1. The number of nitrogens with zero attached hydrogens (tertiary/aromatic N) is 2. The van der Waals surface area contributed by atoms with Crippen LogP contribution in [0.3, 0.4) is 0 Å². The molecule has 0 aliphatic heterocycles. The molecule has 140 valence electrons. The highest BCUT2D eigenvalue weighted by atomic mass is 32.2. The highest BCUT2D eigenvalue weighted by Gasteiger charge is 2.30. The van der Waals surface area contributed by atoms with Gasteiger partial charge in [0.25, 0.3) is 0 Å². The molecular weight excluding hydrogens is 399 g/mol. The van der Waals surface area contributed by atoms with Crippen molar-refractivity contribution in [1.82, 2.24) is 9.97 Å². The van der Waals surface area contributed by atoms with Crippen LogP contribution >= 0.6 is 23.1 Å². The molecule has 0 atom stereocenters. The van der Waals surface area contributed by atoms with Crippen LogP contribution < -0.4 is 10.1 Å². The number of aromatic nitrogens is 2. The molecule has 0 saturated heterocycles. The molecule has 0 unspecified atom stereocenters. The normalized spacial score (nSPS) is 11.2. The Labute approximate surface area is 160 Å². The van der Waals surface area contributed by atoms with Gasteiger partial charge >= 0.3 is 6.36 Å². The Kier molecular flexibility index (Phi) is 5.97. The molecule has 27 heavy (non-hydrogen) atoms. The van der Waals surface area contributed by atoms with E-state index in [2.05, 4.69) is 20.0 Å². The summed E-state index contributed by atoms with van der Waals surface area (Å²) < 4.78 is 40.2. The maximum Gasteiger partial charge on any atom is 0.573 e. The zero-order chi connectivity index (χ0) is 19.3. The van der Waals surface area contributed by atoms with Gasteiger partial charge in [-0.3, -0.25) is 4.79 Å². The smallest absolute Gasteiger partial charge is 0.406 e. The van der Waals surface area contributed by atoms with E-state index in [0.717, 1.165) is 22.7 Å². The van der Waals surface area contributed by atoms with Crippen molar-refractivity contribution in [3.8, 4) is 16.3 Å². The number of benzene rings is 1. The van der Waals surface area contributed by atoms with Gasteiger partial charge in [-0.15, -0.1) is 24.5 Å². The summed E-state index contributed by atoms with van der Waals surface area (Å²) in [5.74, 6) is -0.613. The summed E-state index contributed by atoms with van der Waals surface area (Å²) in [6.45, 7) is 0. The molecule has 0 saturated carbocycles. The molecule has 1 amide bonds. The van der Waals surface area contributed by atoms with Gasteiger partial charge in [0, 0.05) is 11.9 Å². The van der Waals surface area contributed by atoms with E-state index >= 15 is 0 Å². The second-order valence-corrected chi connectivity index (χ2v) is 7.00. The molecular formula is C17H12F3N3O2S2.